The van der Waals surface area contributed by atoms with E-state index in [4.69, 9.17) is 5.73 Å². The average Bonchev–Trinajstić information content (AvgIpc) is 2.92. The maximum absolute atomic E-state index is 14.1. The van der Waals surface area contributed by atoms with Gasteiger partial charge in [-0.25, -0.2) is 0 Å². The SMILES string of the molecule is CC(O)C1CCN(Cc2cc(N(C)C)c3c(c2N=O)C(O)=C2C(=O)C4C(=O)C(C(N)=O)=C(O)[C@@H](N(C)C)C4CC2C3)CC1. The highest BCUT2D eigenvalue weighted by atomic mass is 16.3. The van der Waals surface area contributed by atoms with Crippen molar-refractivity contribution in [3.05, 3.63) is 44.6 Å². The Morgan fingerprint density at radius 3 is 2.33 bits per heavy atom. The molecular weight excluding hydrogens is 554 g/mol. The van der Waals surface area contributed by atoms with Gasteiger partial charge in [-0.15, -0.1) is 4.91 Å². The minimum absolute atomic E-state index is 0.0503. The maximum Gasteiger partial charge on any atom is 0.255 e. The molecule has 0 bridgehead atoms. The smallest absolute Gasteiger partial charge is 0.255 e. The van der Waals surface area contributed by atoms with Crippen LogP contribution in [0.2, 0.25) is 0 Å². The zero-order chi connectivity index (χ0) is 31.5. The number of carbonyl (C=O) groups excluding carboxylic acids is 3. The number of allylic oxidation sites excluding steroid dienone is 1. The van der Waals surface area contributed by atoms with Crippen molar-refractivity contribution in [2.75, 3.05) is 46.2 Å². The molecule has 43 heavy (non-hydrogen) atoms. The van der Waals surface area contributed by atoms with E-state index < -0.39 is 52.6 Å². The number of anilines is 1. The Morgan fingerprint density at radius 2 is 1.79 bits per heavy atom. The fourth-order valence-electron chi connectivity index (χ4n) is 7.83. The van der Waals surface area contributed by atoms with Crippen molar-refractivity contribution < 1.29 is 29.7 Å². The second-order valence-corrected chi connectivity index (χ2v) is 12.9. The van der Waals surface area contributed by atoms with E-state index >= 15 is 0 Å². The van der Waals surface area contributed by atoms with Gasteiger partial charge in [0, 0.05) is 31.9 Å². The van der Waals surface area contributed by atoms with Crippen LogP contribution >= 0.6 is 0 Å². The van der Waals surface area contributed by atoms with Crippen molar-refractivity contribution in [1.29, 1.82) is 0 Å². The van der Waals surface area contributed by atoms with Crippen molar-refractivity contribution >= 4 is 34.6 Å². The van der Waals surface area contributed by atoms with Gasteiger partial charge in [0.1, 0.15) is 22.8 Å². The molecule has 4 unspecified atom stereocenters. The number of hydrogen-bond acceptors (Lipinski definition) is 11. The van der Waals surface area contributed by atoms with Gasteiger partial charge in [-0.05, 0) is 99.9 Å². The van der Waals surface area contributed by atoms with Crippen LogP contribution in [0.25, 0.3) is 5.76 Å². The summed E-state index contributed by atoms with van der Waals surface area (Å²) in [6.45, 7) is 3.67. The number of Topliss-reactive ketones (excluding diaryl/α,β-unsaturated/α-hetero) is 2. The van der Waals surface area contributed by atoms with E-state index in [9.17, 15) is 34.6 Å². The number of carbonyl (C=O) groups is 3. The van der Waals surface area contributed by atoms with Gasteiger partial charge < -0.3 is 26.0 Å². The molecule has 1 heterocycles. The molecule has 5 N–H and O–H groups in total. The molecule has 3 aliphatic carbocycles. The normalized spacial score (nSPS) is 27.1. The maximum atomic E-state index is 14.1. The van der Waals surface area contributed by atoms with Crippen molar-refractivity contribution in [1.82, 2.24) is 9.80 Å². The number of ketones is 2. The zero-order valence-corrected chi connectivity index (χ0v) is 25.3. The molecule has 5 atom stereocenters. The van der Waals surface area contributed by atoms with Crippen LogP contribution < -0.4 is 10.6 Å². The molecule has 0 aromatic heterocycles. The second-order valence-electron chi connectivity index (χ2n) is 12.9. The molecule has 5 rings (SSSR count). The predicted octanol–water partition coefficient (Wildman–Crippen LogP) is 2.20. The lowest BCUT2D eigenvalue weighted by Crippen LogP contribution is -2.55. The topological polar surface area (TPSA) is 177 Å². The number of rotatable bonds is 7. The molecule has 1 aliphatic heterocycles. The monoisotopic (exact) mass is 595 g/mol. The molecule has 0 radical (unpaired) electrons. The van der Waals surface area contributed by atoms with Crippen LogP contribution in [0.15, 0.2) is 28.1 Å². The highest BCUT2D eigenvalue weighted by Crippen LogP contribution is 2.52. The lowest BCUT2D eigenvalue weighted by atomic mass is 9.59. The molecule has 4 aliphatic rings. The number of likely N-dealkylation sites (tertiary alicyclic amines) is 1. The second kappa shape index (κ2) is 11.5. The molecule has 1 saturated carbocycles. The highest BCUT2D eigenvalue weighted by Gasteiger charge is 2.56. The number of nitroso groups, excluding NO2 is 1. The number of benzene rings is 1. The zero-order valence-electron chi connectivity index (χ0n) is 25.3. The summed E-state index contributed by atoms with van der Waals surface area (Å²) in [5, 5.41) is 36.1. The summed E-state index contributed by atoms with van der Waals surface area (Å²) in [4.78, 5) is 58.0. The molecule has 1 aromatic carbocycles. The largest absolute Gasteiger partial charge is 0.510 e. The van der Waals surface area contributed by atoms with E-state index in [2.05, 4.69) is 10.1 Å². The number of aliphatic hydroxyl groups excluding tert-OH is 3. The Bertz CT molecular complexity index is 1440. The number of fused-ring (bicyclic) bond motifs is 3. The number of nitrogens with two attached hydrogens (primary N) is 1. The summed E-state index contributed by atoms with van der Waals surface area (Å²) < 4.78 is 0. The van der Waals surface area contributed by atoms with E-state index in [0.717, 1.165) is 31.6 Å². The Kier molecular flexibility index (Phi) is 8.23. The van der Waals surface area contributed by atoms with Crippen LogP contribution in [-0.4, -0.2) is 96.0 Å². The number of amides is 1. The molecule has 12 heteroatoms. The third-order valence-electron chi connectivity index (χ3n) is 9.90. The summed E-state index contributed by atoms with van der Waals surface area (Å²) in [7, 11) is 7.12. The van der Waals surface area contributed by atoms with Crippen molar-refractivity contribution in [3.63, 3.8) is 0 Å². The molecular formula is C31H41N5O7. The van der Waals surface area contributed by atoms with Crippen molar-refractivity contribution in [3.8, 4) is 0 Å². The minimum atomic E-state index is -1.31. The van der Waals surface area contributed by atoms with Crippen LogP contribution in [-0.2, 0) is 27.3 Å². The van der Waals surface area contributed by atoms with Crippen molar-refractivity contribution in [2.24, 2.45) is 34.6 Å². The highest BCUT2D eigenvalue weighted by molar-refractivity contribution is 6.28. The van der Waals surface area contributed by atoms with Crippen LogP contribution in [0.5, 0.6) is 0 Å². The minimum Gasteiger partial charge on any atom is -0.510 e. The van der Waals surface area contributed by atoms with Gasteiger partial charge >= 0.3 is 0 Å². The number of nitrogens with zero attached hydrogens (tertiary/aromatic N) is 4. The van der Waals surface area contributed by atoms with Crippen LogP contribution in [0, 0.1) is 28.6 Å². The van der Waals surface area contributed by atoms with E-state index in [1.54, 1.807) is 25.9 Å². The summed E-state index contributed by atoms with van der Waals surface area (Å²) in [6, 6.07) is 1.13. The van der Waals surface area contributed by atoms with Gasteiger partial charge in [-0.1, -0.05) is 0 Å². The Morgan fingerprint density at radius 1 is 1.14 bits per heavy atom. The first-order chi connectivity index (χ1) is 20.3. The van der Waals surface area contributed by atoms with Gasteiger partial charge in [-0.2, -0.15) is 0 Å². The van der Waals surface area contributed by atoms with Gasteiger partial charge in [0.05, 0.1) is 23.6 Å². The summed E-state index contributed by atoms with van der Waals surface area (Å²) in [5.41, 5.74) is 7.29. The first kappa shape index (κ1) is 30.8. The summed E-state index contributed by atoms with van der Waals surface area (Å²) >= 11 is 0. The van der Waals surface area contributed by atoms with E-state index in [1.807, 2.05) is 25.1 Å². The molecule has 2 fully saturated rings. The summed E-state index contributed by atoms with van der Waals surface area (Å²) in [6.07, 6.45) is 1.86. The number of likely N-dealkylation sites (N-methyl/N-ethyl adjacent to an activating group) is 1. The quantitative estimate of drug-likeness (QED) is 0.208. The predicted molar refractivity (Wildman–Crippen MR) is 161 cm³/mol. The van der Waals surface area contributed by atoms with Crippen LogP contribution in [0.1, 0.15) is 42.9 Å². The van der Waals surface area contributed by atoms with Crippen molar-refractivity contribution in [2.45, 2.75) is 51.3 Å². The molecule has 232 valence electrons. The van der Waals surface area contributed by atoms with Gasteiger partial charge in [0.2, 0.25) is 0 Å². The summed E-state index contributed by atoms with van der Waals surface area (Å²) in [5.74, 6) is -5.60. The molecule has 0 spiro atoms. The van der Waals surface area contributed by atoms with E-state index in [0.29, 0.717) is 24.1 Å². The van der Waals surface area contributed by atoms with Gasteiger partial charge in [-0.3, -0.25) is 24.2 Å². The van der Waals surface area contributed by atoms with E-state index in [1.165, 1.54) is 0 Å². The molecule has 12 nitrogen and oxygen atoms in total. The molecule has 1 saturated heterocycles. The third kappa shape index (κ3) is 5.04. The fraction of sp³-hybridized carbons (Fsp3) is 0.581. The number of primary amides is 1. The first-order valence-corrected chi connectivity index (χ1v) is 14.8. The third-order valence-corrected chi connectivity index (χ3v) is 9.90. The van der Waals surface area contributed by atoms with Crippen LogP contribution in [0.4, 0.5) is 11.4 Å². The standard InChI is InChI=1S/C31H41N5O7/c1-14(37)15-6-8-36(9-7-15)13-17-12-20(34(2)3)18-10-16-11-19-23(28(39)21(16)27(38)22(18)25(17)33-43)29(40)24(31(32)42)30(41)26(19)35(4)5/h12,14-16,19,23,26,37-38,41H,6-11,13H2,1-5H3,(H2,32,42)/t14?,16?,19?,23?,26-/m0/s1. The Hall–Kier alpha value is -3.61. The average molecular weight is 596 g/mol. The molecule has 1 aromatic rings. The first-order valence-electron chi connectivity index (χ1n) is 14.8. The van der Waals surface area contributed by atoms with Crippen LogP contribution in [0.3, 0.4) is 0 Å². The molecule has 1 amide bonds. The lowest BCUT2D eigenvalue weighted by molar-refractivity contribution is -0.136. The fourth-order valence-corrected chi connectivity index (χ4v) is 7.83. The van der Waals surface area contributed by atoms with E-state index in [-0.39, 0.29) is 41.0 Å². The number of piperidine rings is 1. The lowest BCUT2D eigenvalue weighted by Gasteiger charge is -2.46. The van der Waals surface area contributed by atoms with Gasteiger partial charge in [0.15, 0.2) is 11.6 Å². The Labute approximate surface area is 250 Å². The van der Waals surface area contributed by atoms with Gasteiger partial charge in [0.25, 0.3) is 5.91 Å². The number of aliphatic hydroxyl groups is 3. The number of hydrogen-bond donors (Lipinski definition) is 4. The Balaban J connectivity index is 1.60.